The van der Waals surface area contributed by atoms with Crippen molar-refractivity contribution in [3.05, 3.63) is 29.8 Å². The summed E-state index contributed by atoms with van der Waals surface area (Å²) in [6.07, 6.45) is 4.09. The first-order chi connectivity index (χ1) is 12.7. The molecule has 2 N–H and O–H groups in total. The fourth-order valence-corrected chi connectivity index (χ4v) is 6.20. The molecule has 1 aromatic rings. The topological polar surface area (TPSA) is 54.0 Å². The lowest BCUT2D eigenvalue weighted by Crippen LogP contribution is -2.75. The molecule has 1 aromatic carbocycles. The number of aliphatic hydroxyl groups is 1. The van der Waals surface area contributed by atoms with E-state index in [9.17, 15) is 5.11 Å². The lowest BCUT2D eigenvalue weighted by molar-refractivity contribution is -0.298. The number of para-hydroxylation sites is 1. The largest absolute Gasteiger partial charge is 0.396 e. The van der Waals surface area contributed by atoms with Gasteiger partial charge in [-0.25, -0.2) is 0 Å². The SMILES string of the molecule is CC[C@H]1CN2CC[C@@]34OCCO[C@@]3(Nc3ccccc34)[C@@H]2C[C@@H]1CCO. The molecule has 0 amide bonds. The molecule has 3 fully saturated rings. The Balaban J connectivity index is 1.57. The second kappa shape index (κ2) is 6.20. The molecule has 0 aliphatic carbocycles. The van der Waals surface area contributed by atoms with Gasteiger partial charge in [-0.1, -0.05) is 31.5 Å². The van der Waals surface area contributed by atoms with Gasteiger partial charge in [0.2, 0.25) is 0 Å². The van der Waals surface area contributed by atoms with Gasteiger partial charge in [0.05, 0.1) is 19.3 Å². The van der Waals surface area contributed by atoms with Crippen molar-refractivity contribution in [1.29, 1.82) is 0 Å². The molecule has 4 aliphatic heterocycles. The Morgan fingerprint density at radius 1 is 1.23 bits per heavy atom. The van der Waals surface area contributed by atoms with Crippen molar-refractivity contribution in [3.63, 3.8) is 0 Å². The molecule has 0 saturated carbocycles. The Bertz CT molecular complexity index is 683. The summed E-state index contributed by atoms with van der Waals surface area (Å²) in [7, 11) is 0. The molecule has 0 bridgehead atoms. The van der Waals surface area contributed by atoms with E-state index >= 15 is 0 Å². The Kier molecular flexibility index (Phi) is 4.05. The summed E-state index contributed by atoms with van der Waals surface area (Å²) in [5.41, 5.74) is 1.54. The normalized spacial score (nSPS) is 41.5. The number of nitrogens with one attached hydrogen (secondary N) is 1. The summed E-state index contributed by atoms with van der Waals surface area (Å²) in [6, 6.07) is 8.84. The van der Waals surface area contributed by atoms with Crippen LogP contribution in [0.2, 0.25) is 0 Å². The van der Waals surface area contributed by atoms with Crippen molar-refractivity contribution in [2.24, 2.45) is 11.8 Å². The summed E-state index contributed by atoms with van der Waals surface area (Å²) in [5.74, 6) is 1.21. The number of rotatable bonds is 3. The summed E-state index contributed by atoms with van der Waals surface area (Å²) in [6.45, 7) is 6.00. The third-order valence-corrected chi connectivity index (χ3v) is 7.39. The Hall–Kier alpha value is -1.14. The Morgan fingerprint density at radius 3 is 2.92 bits per heavy atom. The van der Waals surface area contributed by atoms with E-state index in [-0.39, 0.29) is 18.2 Å². The van der Waals surface area contributed by atoms with Gasteiger partial charge in [0.25, 0.3) is 0 Å². The highest BCUT2D eigenvalue weighted by molar-refractivity contribution is 5.64. The van der Waals surface area contributed by atoms with Crippen LogP contribution in [-0.4, -0.2) is 54.7 Å². The Labute approximate surface area is 155 Å². The fourth-order valence-electron chi connectivity index (χ4n) is 6.20. The first-order valence-corrected chi connectivity index (χ1v) is 10.2. The summed E-state index contributed by atoms with van der Waals surface area (Å²) in [4.78, 5) is 2.63. The molecule has 0 unspecified atom stereocenters. The van der Waals surface area contributed by atoms with Crippen LogP contribution in [0, 0.1) is 11.8 Å². The summed E-state index contributed by atoms with van der Waals surface area (Å²) in [5, 5.41) is 13.4. The molecule has 0 radical (unpaired) electrons. The van der Waals surface area contributed by atoms with E-state index in [0.717, 1.165) is 38.0 Å². The van der Waals surface area contributed by atoms with Gasteiger partial charge in [-0.15, -0.1) is 0 Å². The number of aliphatic hydroxyl groups excluding tert-OH is 1. The maximum atomic E-state index is 9.60. The maximum absolute atomic E-state index is 9.60. The fraction of sp³-hybridized carbons (Fsp3) is 0.714. The van der Waals surface area contributed by atoms with Crippen molar-refractivity contribution in [1.82, 2.24) is 4.90 Å². The lowest BCUT2D eigenvalue weighted by Gasteiger charge is -2.61. The van der Waals surface area contributed by atoms with Crippen LogP contribution >= 0.6 is 0 Å². The van der Waals surface area contributed by atoms with Crippen molar-refractivity contribution in [2.75, 3.05) is 38.2 Å². The molecule has 0 spiro atoms. The molecular weight excluding hydrogens is 328 g/mol. The first kappa shape index (κ1) is 17.0. The maximum Gasteiger partial charge on any atom is 0.188 e. The molecule has 142 valence electrons. The summed E-state index contributed by atoms with van der Waals surface area (Å²) >= 11 is 0. The number of fused-ring (bicyclic) bond motifs is 2. The second-order valence-electron chi connectivity index (χ2n) is 8.37. The highest BCUT2D eigenvalue weighted by Gasteiger charge is 2.69. The smallest absolute Gasteiger partial charge is 0.188 e. The molecule has 5 atom stereocenters. The van der Waals surface area contributed by atoms with E-state index in [0.29, 0.717) is 25.0 Å². The van der Waals surface area contributed by atoms with Crippen molar-refractivity contribution >= 4 is 5.69 Å². The molecule has 4 heterocycles. The average Bonchev–Trinajstić information content (AvgIpc) is 2.99. The Morgan fingerprint density at radius 2 is 2.08 bits per heavy atom. The molecule has 3 saturated heterocycles. The molecule has 4 aliphatic rings. The zero-order valence-corrected chi connectivity index (χ0v) is 15.6. The molecule has 0 aromatic heterocycles. The summed E-state index contributed by atoms with van der Waals surface area (Å²) < 4.78 is 13.1. The van der Waals surface area contributed by atoms with Gasteiger partial charge in [0, 0.05) is 30.9 Å². The highest BCUT2D eigenvalue weighted by Crippen LogP contribution is 2.59. The van der Waals surface area contributed by atoms with Crippen LogP contribution < -0.4 is 5.32 Å². The molecule has 5 rings (SSSR count). The van der Waals surface area contributed by atoms with Gasteiger partial charge < -0.3 is 19.9 Å². The number of hydrogen-bond acceptors (Lipinski definition) is 5. The zero-order valence-electron chi connectivity index (χ0n) is 15.6. The zero-order chi connectivity index (χ0) is 17.8. The number of ether oxygens (including phenoxy) is 2. The number of benzene rings is 1. The minimum Gasteiger partial charge on any atom is -0.396 e. The predicted molar refractivity (Wildman–Crippen MR) is 99.9 cm³/mol. The van der Waals surface area contributed by atoms with Gasteiger partial charge in [-0.05, 0) is 37.2 Å². The van der Waals surface area contributed by atoms with Crippen LogP contribution in [0.4, 0.5) is 5.69 Å². The molecular formula is C21H30N2O3. The van der Waals surface area contributed by atoms with Gasteiger partial charge in [0.15, 0.2) is 5.72 Å². The van der Waals surface area contributed by atoms with Crippen molar-refractivity contribution in [3.8, 4) is 0 Å². The average molecular weight is 358 g/mol. The minimum atomic E-state index is -0.500. The van der Waals surface area contributed by atoms with E-state index in [4.69, 9.17) is 9.47 Å². The van der Waals surface area contributed by atoms with Crippen LogP contribution in [0.3, 0.4) is 0 Å². The van der Waals surface area contributed by atoms with Crippen molar-refractivity contribution in [2.45, 2.75) is 50.0 Å². The quantitative estimate of drug-likeness (QED) is 0.870. The van der Waals surface area contributed by atoms with Crippen molar-refractivity contribution < 1.29 is 14.6 Å². The monoisotopic (exact) mass is 358 g/mol. The van der Waals surface area contributed by atoms with Gasteiger partial charge in [0.1, 0.15) is 5.60 Å². The number of anilines is 1. The van der Waals surface area contributed by atoms with E-state index in [2.05, 4.69) is 41.4 Å². The number of piperidine rings is 2. The standard InChI is InChI=1S/C21H30N2O3/c1-2-15-14-23-9-8-20-17-5-3-4-6-18(17)22-21(20,26-12-11-25-20)19(23)13-16(15)7-10-24/h3-6,15-16,19,22,24H,2,7-14H2,1H3/t15-,16-,19-,20-,21-/m0/s1. The van der Waals surface area contributed by atoms with Crippen LogP contribution in [0.15, 0.2) is 24.3 Å². The number of hydrogen-bond donors (Lipinski definition) is 2. The second-order valence-corrected chi connectivity index (χ2v) is 8.37. The minimum absolute atomic E-state index is 0.275. The van der Waals surface area contributed by atoms with Gasteiger partial charge in [-0.3, -0.25) is 4.90 Å². The first-order valence-electron chi connectivity index (χ1n) is 10.2. The lowest BCUT2D eigenvalue weighted by atomic mass is 9.68. The van der Waals surface area contributed by atoms with Gasteiger partial charge >= 0.3 is 0 Å². The molecule has 5 nitrogen and oxygen atoms in total. The van der Waals surface area contributed by atoms with Crippen LogP contribution in [0.1, 0.15) is 38.2 Å². The van der Waals surface area contributed by atoms with Crippen LogP contribution in [-0.2, 0) is 15.1 Å². The van der Waals surface area contributed by atoms with E-state index in [1.54, 1.807) is 0 Å². The van der Waals surface area contributed by atoms with Crippen LogP contribution in [0.25, 0.3) is 0 Å². The number of nitrogens with zero attached hydrogens (tertiary/aromatic N) is 1. The molecule has 26 heavy (non-hydrogen) atoms. The predicted octanol–water partition coefficient (Wildman–Crippen LogP) is 2.55. The molecule has 5 heteroatoms. The van der Waals surface area contributed by atoms with E-state index in [1.165, 1.54) is 12.0 Å². The van der Waals surface area contributed by atoms with E-state index < -0.39 is 5.72 Å². The third kappa shape index (κ3) is 2.12. The van der Waals surface area contributed by atoms with E-state index in [1.807, 2.05) is 0 Å². The highest BCUT2D eigenvalue weighted by atomic mass is 16.6. The van der Waals surface area contributed by atoms with Gasteiger partial charge in [-0.2, -0.15) is 0 Å². The third-order valence-electron chi connectivity index (χ3n) is 7.39. The van der Waals surface area contributed by atoms with Crippen LogP contribution in [0.5, 0.6) is 0 Å².